The average Bonchev–Trinajstić information content (AvgIpc) is 3.82. The summed E-state index contributed by atoms with van der Waals surface area (Å²) < 4.78 is 50.2. The number of halogens is 2. The zero-order valence-corrected chi connectivity index (χ0v) is 39.4. The number of carbonyl (C=O) groups excluding carboxylic acids is 2. The van der Waals surface area contributed by atoms with Crippen molar-refractivity contribution in [1.82, 2.24) is 4.90 Å². The number of carbonyl (C=O) groups is 2. The average molecular weight is 910 g/mol. The van der Waals surface area contributed by atoms with Gasteiger partial charge in [0.2, 0.25) is 0 Å². The van der Waals surface area contributed by atoms with Gasteiger partial charge in [0.1, 0.15) is 24.4 Å². The number of aliphatic hydroxyl groups is 1. The molecule has 19 atom stereocenters. The Morgan fingerprint density at radius 3 is 2.27 bits per heavy atom. The minimum absolute atomic E-state index is 0.0200. The number of Topliss-reactive ketones (excluding diaryl/α,β-unsaturated/α-hetero) is 1. The molecule has 3 saturated heterocycles. The molecule has 1 aromatic rings. The maximum atomic E-state index is 15.1. The lowest BCUT2D eigenvalue weighted by Gasteiger charge is -2.47. The first-order valence-electron chi connectivity index (χ1n) is 22.9. The summed E-state index contributed by atoms with van der Waals surface area (Å²) in [7, 11) is 9.01. The van der Waals surface area contributed by atoms with Gasteiger partial charge in [-0.1, -0.05) is 43.1 Å². The van der Waals surface area contributed by atoms with Gasteiger partial charge in [-0.2, -0.15) is 0 Å². The van der Waals surface area contributed by atoms with Gasteiger partial charge in [0.25, 0.3) is 0 Å². The number of benzene rings is 1. The highest BCUT2D eigenvalue weighted by molar-refractivity contribution is 6.36. The maximum absolute atomic E-state index is 15.1. The fourth-order valence-corrected chi connectivity index (χ4v) is 12.5. The number of hydrogen-bond acceptors (Lipinski definition) is 13. The van der Waals surface area contributed by atoms with Gasteiger partial charge in [-0.25, -0.2) is 0 Å². The van der Waals surface area contributed by atoms with E-state index in [9.17, 15) is 9.90 Å². The van der Waals surface area contributed by atoms with Crippen LogP contribution in [0, 0.1) is 35.5 Å². The monoisotopic (exact) mass is 908 g/mol. The first-order valence-corrected chi connectivity index (χ1v) is 23.6. The Morgan fingerprint density at radius 2 is 1.61 bits per heavy atom. The van der Waals surface area contributed by atoms with Gasteiger partial charge in [-0.05, 0) is 121 Å². The van der Waals surface area contributed by atoms with E-state index in [2.05, 4.69) is 37.3 Å². The third-order valence-corrected chi connectivity index (χ3v) is 15.7. The van der Waals surface area contributed by atoms with E-state index in [1.807, 2.05) is 26.8 Å². The van der Waals surface area contributed by atoms with Crippen molar-refractivity contribution in [2.45, 2.75) is 165 Å². The molecule has 7 rings (SSSR count). The van der Waals surface area contributed by atoms with Gasteiger partial charge in [-0.3, -0.25) is 9.59 Å². The van der Waals surface area contributed by atoms with E-state index in [0.717, 1.165) is 19.3 Å². The van der Waals surface area contributed by atoms with Crippen molar-refractivity contribution >= 4 is 40.6 Å². The smallest absolute Gasteiger partial charge is 0.306 e. The van der Waals surface area contributed by atoms with Gasteiger partial charge < -0.3 is 53.2 Å². The van der Waals surface area contributed by atoms with Gasteiger partial charge in [-0.15, -0.1) is 0 Å². The van der Waals surface area contributed by atoms with E-state index < -0.39 is 60.8 Å². The van der Waals surface area contributed by atoms with E-state index in [-0.39, 0.29) is 72.5 Å². The van der Waals surface area contributed by atoms with E-state index in [1.165, 1.54) is 0 Å². The molecule has 0 radical (unpaired) electrons. The lowest BCUT2D eigenvalue weighted by Crippen LogP contribution is -2.59. The number of nitrogens with zero attached hydrogens (tertiary/aromatic N) is 1. The number of allylic oxidation sites excluding steroid dienone is 2. The lowest BCUT2D eigenvalue weighted by molar-refractivity contribution is -0.314. The Labute approximate surface area is 378 Å². The Balaban J connectivity index is 1.21. The molecule has 0 bridgehead atoms. The van der Waals surface area contributed by atoms with Crippen LogP contribution in [0.25, 0.3) is 0 Å². The molecular formula is C47H70Cl2N2O11. The first-order chi connectivity index (χ1) is 29.7. The number of rotatable bonds is 11. The molecule has 15 heteroatoms. The number of nitrogens with one attached hydrogen (secondary N) is 1. The molecule has 6 aliphatic rings. The summed E-state index contributed by atoms with van der Waals surface area (Å²) in [5.41, 5.74) is 1.21. The van der Waals surface area contributed by atoms with Crippen molar-refractivity contribution in [2.24, 2.45) is 35.5 Å². The van der Waals surface area contributed by atoms with Crippen LogP contribution < -0.4 is 5.32 Å². The molecule has 3 aliphatic carbocycles. The van der Waals surface area contributed by atoms with E-state index in [0.29, 0.717) is 53.4 Å². The highest BCUT2D eigenvalue weighted by Crippen LogP contribution is 2.58. The van der Waals surface area contributed by atoms with Crippen molar-refractivity contribution in [3.05, 3.63) is 39.9 Å². The second kappa shape index (κ2) is 20.7. The minimum atomic E-state index is -0.969. The zero-order valence-electron chi connectivity index (χ0n) is 37.9. The van der Waals surface area contributed by atoms with Crippen LogP contribution in [0.3, 0.4) is 0 Å². The normalized spacial score (nSPS) is 42.9. The number of methoxy groups -OCH3 is 3. The SMILES string of the molecule is CC[C@H]1CCC[C@H](O[C@H]2CC[C@H](N(C)C)C(C)O2)[C@@H](C)C(=O)C2=C[C@H]3[C@@H]4C[C@H](O[C@@H]5OC(C)[C@H](OC)C(OC)C5OC)C[C@H]4[C@H](Nc4ccc(Cl)cc4Cl)[C@@H](O)[C@H]3[C@@H]2CC(=O)O1. The van der Waals surface area contributed by atoms with Crippen molar-refractivity contribution < 1.29 is 52.6 Å². The molecule has 3 aliphatic heterocycles. The molecule has 62 heavy (non-hydrogen) atoms. The van der Waals surface area contributed by atoms with Gasteiger partial charge in [0, 0.05) is 50.1 Å². The molecular weight excluding hydrogens is 839 g/mol. The number of esters is 1. The number of hydrogen-bond donors (Lipinski definition) is 2. The van der Waals surface area contributed by atoms with Crippen molar-refractivity contribution in [3.63, 3.8) is 0 Å². The van der Waals surface area contributed by atoms with Crippen LogP contribution in [0.5, 0.6) is 0 Å². The van der Waals surface area contributed by atoms with E-state index in [4.69, 9.17) is 61.1 Å². The second-order valence-corrected chi connectivity index (χ2v) is 19.7. The third-order valence-electron chi connectivity index (χ3n) is 15.1. The number of ketones is 1. The fourth-order valence-electron chi connectivity index (χ4n) is 12.0. The van der Waals surface area contributed by atoms with E-state index >= 15 is 4.79 Å². The third kappa shape index (κ3) is 9.94. The van der Waals surface area contributed by atoms with Crippen LogP contribution in [0.15, 0.2) is 29.8 Å². The Morgan fingerprint density at radius 1 is 0.887 bits per heavy atom. The Hall–Kier alpha value is -1.88. The molecule has 3 heterocycles. The number of fused-ring (bicyclic) bond motifs is 5. The molecule has 2 N–H and O–H groups in total. The molecule has 2 saturated carbocycles. The number of ether oxygens (including phenoxy) is 8. The number of aliphatic hydroxyl groups excluding tert-OH is 1. The zero-order chi connectivity index (χ0) is 44.6. The molecule has 0 aromatic heterocycles. The Kier molecular flexibility index (Phi) is 16.1. The lowest BCUT2D eigenvalue weighted by atomic mass is 9.62. The largest absolute Gasteiger partial charge is 0.462 e. The van der Waals surface area contributed by atoms with Crippen molar-refractivity contribution in [1.29, 1.82) is 0 Å². The van der Waals surface area contributed by atoms with Crippen LogP contribution in [-0.4, -0.2) is 137 Å². The maximum Gasteiger partial charge on any atom is 0.306 e. The molecule has 0 amide bonds. The van der Waals surface area contributed by atoms with Crippen molar-refractivity contribution in [2.75, 3.05) is 40.7 Å². The predicted molar refractivity (Wildman–Crippen MR) is 235 cm³/mol. The molecule has 0 spiro atoms. The Bertz CT molecular complexity index is 1740. The summed E-state index contributed by atoms with van der Waals surface area (Å²) in [4.78, 5) is 31.2. The molecule has 5 fully saturated rings. The summed E-state index contributed by atoms with van der Waals surface area (Å²) in [6, 6.07) is 5.04. The van der Waals surface area contributed by atoms with Gasteiger partial charge >= 0.3 is 5.97 Å². The molecule has 1 aromatic carbocycles. The fraction of sp³-hybridized carbons (Fsp3) is 0.787. The van der Waals surface area contributed by atoms with E-state index in [1.54, 1.807) is 33.5 Å². The van der Waals surface area contributed by atoms with Crippen molar-refractivity contribution in [3.8, 4) is 0 Å². The summed E-state index contributed by atoms with van der Waals surface area (Å²) in [5, 5.41) is 17.3. The summed E-state index contributed by atoms with van der Waals surface area (Å²) in [6.45, 7) is 8.00. The summed E-state index contributed by atoms with van der Waals surface area (Å²) >= 11 is 13.1. The number of anilines is 1. The topological polar surface area (TPSA) is 143 Å². The van der Waals surface area contributed by atoms with Gasteiger partial charge in [0.15, 0.2) is 18.4 Å². The standard InChI is InChI=1S/C47H70Cl2N2O11/c1-10-27-12-11-13-37(62-39-17-16-36(51(5)6)24(3)58-39)23(2)42(53)33-21-30-29-19-28(61-47-46(57-9)45(56-8)44(55-7)25(4)59-47)20-32(29)41(50-35-15-14-26(48)18-34(35)49)43(54)40(30)31(33)22-38(52)60-27/h14-15,18,21,23-25,27-32,36-37,39-41,43-47,50,54H,10-13,16-17,19-20,22H2,1-9H3/t23-,24?,25?,27+,28+,29+,30+,31-,32-,36+,37+,39+,40-,41+,43+,44+,45?,46?,47+/m1/s1. The quantitative estimate of drug-likeness (QED) is 0.219. The first kappa shape index (κ1) is 48.1. The predicted octanol–water partition coefficient (Wildman–Crippen LogP) is 7.08. The van der Waals surface area contributed by atoms with Crippen LogP contribution in [0.2, 0.25) is 10.0 Å². The number of cyclic esters (lactones) is 1. The minimum Gasteiger partial charge on any atom is -0.462 e. The van der Waals surface area contributed by atoms with Crippen LogP contribution in [0.1, 0.15) is 85.5 Å². The molecule has 4 unspecified atom stereocenters. The molecule has 348 valence electrons. The van der Waals surface area contributed by atoms with Crippen LogP contribution in [-0.2, 0) is 47.5 Å². The molecule has 13 nitrogen and oxygen atoms in total. The van der Waals surface area contributed by atoms with Gasteiger partial charge in [0.05, 0.1) is 53.7 Å². The summed E-state index contributed by atoms with van der Waals surface area (Å²) in [6.07, 6.45) is 2.85. The highest BCUT2D eigenvalue weighted by Gasteiger charge is 2.60. The summed E-state index contributed by atoms with van der Waals surface area (Å²) in [5.74, 6) is -2.34. The second-order valence-electron chi connectivity index (χ2n) is 18.9. The van der Waals surface area contributed by atoms with Crippen LogP contribution >= 0.6 is 23.2 Å². The highest BCUT2D eigenvalue weighted by atomic mass is 35.5. The number of likely N-dealkylation sites (N-methyl/N-ethyl adjacent to an activating group) is 1. The van der Waals surface area contributed by atoms with Crippen LogP contribution in [0.4, 0.5) is 5.69 Å².